The van der Waals surface area contributed by atoms with Crippen LogP contribution in [0.1, 0.15) is 32.5 Å². The van der Waals surface area contributed by atoms with E-state index in [0.717, 1.165) is 11.2 Å². The summed E-state index contributed by atoms with van der Waals surface area (Å²) in [5, 5.41) is 0. The van der Waals surface area contributed by atoms with Crippen molar-refractivity contribution in [2.24, 2.45) is 13.0 Å². The molecule has 0 spiro atoms. The van der Waals surface area contributed by atoms with Gasteiger partial charge < -0.3 is 9.30 Å². The first kappa shape index (κ1) is 13.5. The molecule has 5 heteroatoms. The lowest BCUT2D eigenvalue weighted by Crippen LogP contribution is -2.23. The molecule has 2 heterocycles. The molecule has 2 rings (SSSR count). The molecule has 2 aromatic rings. The van der Waals surface area contributed by atoms with Gasteiger partial charge in [0.15, 0.2) is 5.65 Å². The lowest BCUT2D eigenvalue weighted by Gasteiger charge is -2.18. The highest BCUT2D eigenvalue weighted by Gasteiger charge is 2.30. The van der Waals surface area contributed by atoms with Crippen molar-refractivity contribution in [3.8, 4) is 0 Å². The molecule has 0 fully saturated rings. The van der Waals surface area contributed by atoms with Gasteiger partial charge in [-0.15, -0.1) is 0 Å². The Hall–Kier alpha value is -1.91. The Morgan fingerprint density at radius 1 is 1.47 bits per heavy atom. The van der Waals surface area contributed by atoms with Crippen LogP contribution < -0.4 is 0 Å². The van der Waals surface area contributed by atoms with Crippen molar-refractivity contribution in [2.75, 3.05) is 6.61 Å². The molecule has 0 saturated carbocycles. The molecule has 0 aromatic carbocycles. The predicted octanol–water partition coefficient (Wildman–Crippen LogP) is 2.27. The van der Waals surface area contributed by atoms with Gasteiger partial charge in [-0.05, 0) is 25.0 Å². The maximum atomic E-state index is 12.1. The van der Waals surface area contributed by atoms with Crippen LogP contribution in [0.25, 0.3) is 11.2 Å². The molecular weight excluding hydrogens is 242 g/mol. The molecule has 102 valence electrons. The second-order valence-electron chi connectivity index (χ2n) is 4.85. The van der Waals surface area contributed by atoms with Crippen molar-refractivity contribution in [1.82, 2.24) is 14.5 Å². The standard InChI is InChI=1S/C14H19N3O2/c1-5-19-14(18)11(9(2)3)13-16-10-7-6-8-15-12(10)17(13)4/h6-9,11H,5H2,1-4H3. The first-order valence-corrected chi connectivity index (χ1v) is 6.50. The Labute approximate surface area is 112 Å². The molecule has 1 atom stereocenters. The van der Waals surface area contributed by atoms with Crippen molar-refractivity contribution in [1.29, 1.82) is 0 Å². The zero-order valence-electron chi connectivity index (χ0n) is 11.8. The molecule has 0 amide bonds. The van der Waals surface area contributed by atoms with Crippen LogP contribution in [0.4, 0.5) is 0 Å². The highest BCUT2D eigenvalue weighted by atomic mass is 16.5. The van der Waals surface area contributed by atoms with Gasteiger partial charge in [0.1, 0.15) is 17.3 Å². The van der Waals surface area contributed by atoms with Crippen LogP contribution in [0.5, 0.6) is 0 Å². The third-order valence-electron chi connectivity index (χ3n) is 3.15. The number of carbonyl (C=O) groups is 1. The van der Waals surface area contributed by atoms with Crippen LogP contribution in [-0.2, 0) is 16.6 Å². The summed E-state index contributed by atoms with van der Waals surface area (Å²) in [5.74, 6) is 0.242. The minimum Gasteiger partial charge on any atom is -0.465 e. The number of nitrogens with zero attached hydrogens (tertiary/aromatic N) is 3. The quantitative estimate of drug-likeness (QED) is 0.792. The first-order valence-electron chi connectivity index (χ1n) is 6.50. The molecule has 0 aliphatic carbocycles. The SMILES string of the molecule is CCOC(=O)C(c1nc2cccnc2n1C)C(C)C. The van der Waals surface area contributed by atoms with E-state index in [2.05, 4.69) is 9.97 Å². The molecule has 0 aliphatic rings. The summed E-state index contributed by atoms with van der Waals surface area (Å²) in [7, 11) is 1.88. The number of aromatic nitrogens is 3. The largest absolute Gasteiger partial charge is 0.465 e. The lowest BCUT2D eigenvalue weighted by molar-refractivity contribution is -0.146. The highest BCUT2D eigenvalue weighted by Crippen LogP contribution is 2.27. The van der Waals surface area contributed by atoms with Crippen molar-refractivity contribution in [3.05, 3.63) is 24.2 Å². The third kappa shape index (κ3) is 2.45. The minimum absolute atomic E-state index is 0.120. The fraction of sp³-hybridized carbons (Fsp3) is 0.500. The number of ether oxygens (including phenoxy) is 1. The van der Waals surface area contributed by atoms with E-state index in [4.69, 9.17) is 4.74 Å². The van der Waals surface area contributed by atoms with Crippen LogP contribution >= 0.6 is 0 Å². The minimum atomic E-state index is -0.362. The average molecular weight is 261 g/mol. The number of esters is 1. The van der Waals surface area contributed by atoms with Gasteiger partial charge in [-0.1, -0.05) is 13.8 Å². The van der Waals surface area contributed by atoms with Gasteiger partial charge in [0.25, 0.3) is 0 Å². The van der Waals surface area contributed by atoms with Gasteiger partial charge in [-0.2, -0.15) is 0 Å². The summed E-state index contributed by atoms with van der Waals surface area (Å²) in [6, 6.07) is 3.74. The van der Waals surface area contributed by atoms with E-state index in [1.165, 1.54) is 0 Å². The average Bonchev–Trinajstić information content (AvgIpc) is 2.68. The van der Waals surface area contributed by atoms with Gasteiger partial charge in [0, 0.05) is 13.2 Å². The van der Waals surface area contributed by atoms with Crippen LogP contribution in [0.3, 0.4) is 0 Å². The predicted molar refractivity (Wildman–Crippen MR) is 72.7 cm³/mol. The normalized spacial score (nSPS) is 12.9. The van der Waals surface area contributed by atoms with Gasteiger partial charge in [-0.25, -0.2) is 9.97 Å². The molecule has 1 unspecified atom stereocenters. The van der Waals surface area contributed by atoms with Crippen molar-refractivity contribution in [2.45, 2.75) is 26.7 Å². The number of fused-ring (bicyclic) bond motifs is 1. The summed E-state index contributed by atoms with van der Waals surface area (Å²) in [6.45, 7) is 6.18. The topological polar surface area (TPSA) is 57.0 Å². The summed E-state index contributed by atoms with van der Waals surface area (Å²) in [4.78, 5) is 21.0. The second-order valence-corrected chi connectivity index (χ2v) is 4.85. The Morgan fingerprint density at radius 2 is 2.21 bits per heavy atom. The van der Waals surface area contributed by atoms with E-state index < -0.39 is 0 Å². The second kappa shape index (κ2) is 5.38. The van der Waals surface area contributed by atoms with Crippen LogP contribution in [0, 0.1) is 5.92 Å². The van der Waals surface area contributed by atoms with Crippen LogP contribution in [0.2, 0.25) is 0 Å². The van der Waals surface area contributed by atoms with E-state index in [-0.39, 0.29) is 17.8 Å². The Morgan fingerprint density at radius 3 is 2.79 bits per heavy atom. The summed E-state index contributed by atoms with van der Waals surface area (Å²) >= 11 is 0. The lowest BCUT2D eigenvalue weighted by atomic mass is 9.95. The fourth-order valence-corrected chi connectivity index (χ4v) is 2.23. The molecule has 5 nitrogen and oxygen atoms in total. The fourth-order valence-electron chi connectivity index (χ4n) is 2.23. The summed E-state index contributed by atoms with van der Waals surface area (Å²) in [5.41, 5.74) is 1.59. The Kier molecular flexibility index (Phi) is 3.83. The molecular formula is C14H19N3O2. The van der Waals surface area contributed by atoms with E-state index in [1.54, 1.807) is 6.20 Å². The van der Waals surface area contributed by atoms with Crippen molar-refractivity contribution >= 4 is 17.1 Å². The van der Waals surface area contributed by atoms with Crippen LogP contribution in [0.15, 0.2) is 18.3 Å². The molecule has 0 aliphatic heterocycles. The van der Waals surface area contributed by atoms with E-state index in [9.17, 15) is 4.79 Å². The monoisotopic (exact) mass is 261 g/mol. The van der Waals surface area contributed by atoms with Gasteiger partial charge in [0.05, 0.1) is 6.61 Å². The van der Waals surface area contributed by atoms with E-state index in [1.807, 2.05) is 44.5 Å². The van der Waals surface area contributed by atoms with Crippen LogP contribution in [-0.4, -0.2) is 27.1 Å². The van der Waals surface area contributed by atoms with Crippen molar-refractivity contribution in [3.63, 3.8) is 0 Å². The molecule has 0 N–H and O–H groups in total. The molecule has 0 saturated heterocycles. The maximum Gasteiger partial charge on any atom is 0.316 e. The van der Waals surface area contributed by atoms with Crippen molar-refractivity contribution < 1.29 is 9.53 Å². The number of pyridine rings is 1. The van der Waals surface area contributed by atoms with E-state index >= 15 is 0 Å². The molecule has 0 bridgehead atoms. The van der Waals surface area contributed by atoms with Gasteiger partial charge in [-0.3, -0.25) is 4.79 Å². The molecule has 2 aromatic heterocycles. The molecule has 0 radical (unpaired) electrons. The number of hydrogen-bond acceptors (Lipinski definition) is 4. The molecule has 19 heavy (non-hydrogen) atoms. The summed E-state index contributed by atoms with van der Waals surface area (Å²) < 4.78 is 7.03. The number of carbonyl (C=O) groups excluding carboxylic acids is 1. The first-order chi connectivity index (χ1) is 9.06. The Balaban J connectivity index is 2.50. The van der Waals surface area contributed by atoms with E-state index in [0.29, 0.717) is 12.4 Å². The number of hydrogen-bond donors (Lipinski definition) is 0. The van der Waals surface area contributed by atoms with Gasteiger partial charge in [0.2, 0.25) is 0 Å². The number of imidazole rings is 1. The highest BCUT2D eigenvalue weighted by molar-refractivity contribution is 5.80. The Bertz CT molecular complexity index is 589. The number of aryl methyl sites for hydroxylation is 1. The zero-order chi connectivity index (χ0) is 14.0. The zero-order valence-corrected chi connectivity index (χ0v) is 11.8. The maximum absolute atomic E-state index is 12.1. The van der Waals surface area contributed by atoms with Gasteiger partial charge >= 0.3 is 5.97 Å². The summed E-state index contributed by atoms with van der Waals surface area (Å²) in [6.07, 6.45) is 1.72. The third-order valence-corrected chi connectivity index (χ3v) is 3.15. The smallest absolute Gasteiger partial charge is 0.316 e. The number of rotatable bonds is 4.